The van der Waals surface area contributed by atoms with Crippen LogP contribution in [0.3, 0.4) is 0 Å². The number of aliphatic hydroxyl groups excluding tert-OH is 3. The summed E-state index contributed by atoms with van der Waals surface area (Å²) < 4.78 is 45.2. The molecule has 0 aromatic rings. The van der Waals surface area contributed by atoms with Crippen LogP contribution in [0.2, 0.25) is 0 Å². The average Bonchev–Trinajstić information content (AvgIpc) is 3.27. The van der Waals surface area contributed by atoms with Crippen molar-refractivity contribution in [1.82, 2.24) is 0 Å². The lowest BCUT2D eigenvalue weighted by Gasteiger charge is -2.61. The third kappa shape index (κ3) is 1.74. The van der Waals surface area contributed by atoms with Gasteiger partial charge in [0, 0.05) is 11.3 Å². The fraction of sp³-hybridized carbons (Fsp3) is 0.933. The number of hydrogen-bond acceptors (Lipinski definition) is 8. The van der Waals surface area contributed by atoms with E-state index in [1.165, 1.54) is 6.92 Å². The Hall–Kier alpha value is -0.620. The van der Waals surface area contributed by atoms with Gasteiger partial charge in [0.2, 0.25) is 0 Å². The second-order valence-electron chi connectivity index (χ2n) is 8.03. The molecule has 0 aromatic heterocycles. The Morgan fingerprint density at radius 3 is 2.36 bits per heavy atom. The number of rotatable bonds is 2. The predicted octanol–water partition coefficient (Wildman–Crippen LogP) is -1.89. The summed E-state index contributed by atoms with van der Waals surface area (Å²) >= 11 is 0. The number of carbonyl (C=O) groups is 1. The molecule has 4 rings (SSSR count). The summed E-state index contributed by atoms with van der Waals surface area (Å²) in [7, 11) is -4.72. The number of hydrogen-bond donors (Lipinski definition) is 4. The smallest absolute Gasteiger partial charge is 0.271 e. The summed E-state index contributed by atoms with van der Waals surface area (Å²) in [6, 6.07) is 0. The second-order valence-corrected chi connectivity index (χ2v) is 9.60. The zero-order chi connectivity index (χ0) is 18.6. The lowest BCUT2D eigenvalue weighted by molar-refractivity contribution is -0.267. The Morgan fingerprint density at radius 2 is 1.88 bits per heavy atom. The van der Waals surface area contributed by atoms with E-state index in [1.807, 2.05) is 0 Å². The quantitative estimate of drug-likeness (QED) is 0.319. The number of epoxide rings is 1. The Bertz CT molecular complexity index is 731. The Morgan fingerprint density at radius 1 is 1.28 bits per heavy atom. The van der Waals surface area contributed by atoms with E-state index in [0.717, 1.165) is 0 Å². The molecule has 142 valence electrons. The number of ether oxygens (including phenoxy) is 2. The Labute approximate surface area is 144 Å². The molecule has 25 heavy (non-hydrogen) atoms. The molecule has 2 aliphatic carbocycles. The van der Waals surface area contributed by atoms with Crippen molar-refractivity contribution in [2.45, 2.75) is 55.5 Å². The molecule has 2 unspecified atom stereocenters. The number of Topliss-reactive ketones (excluding diaryl/α,β-unsaturated/α-hetero) is 1. The molecule has 4 N–H and O–H groups in total. The van der Waals surface area contributed by atoms with Crippen molar-refractivity contribution in [3.8, 4) is 0 Å². The summed E-state index contributed by atoms with van der Waals surface area (Å²) in [6.45, 7) is 2.44. The highest BCUT2D eigenvalue weighted by Gasteiger charge is 2.85. The van der Waals surface area contributed by atoms with Crippen molar-refractivity contribution >= 4 is 15.9 Å². The third-order valence-corrected chi connectivity index (χ3v) is 8.59. The maximum atomic E-state index is 12.6. The van der Waals surface area contributed by atoms with Crippen molar-refractivity contribution in [2.24, 2.45) is 16.7 Å². The first-order chi connectivity index (χ1) is 11.5. The van der Waals surface area contributed by atoms with Crippen molar-refractivity contribution < 1.29 is 42.6 Å². The fourth-order valence-corrected chi connectivity index (χ4v) is 7.05. The minimum absolute atomic E-state index is 0.0750. The van der Waals surface area contributed by atoms with Crippen LogP contribution in [-0.2, 0) is 24.4 Å². The van der Waals surface area contributed by atoms with Crippen LogP contribution in [0.25, 0.3) is 0 Å². The van der Waals surface area contributed by atoms with E-state index in [4.69, 9.17) is 9.47 Å². The molecule has 0 radical (unpaired) electrons. The van der Waals surface area contributed by atoms with E-state index in [1.54, 1.807) is 6.92 Å². The van der Waals surface area contributed by atoms with E-state index in [0.29, 0.717) is 0 Å². The average molecular weight is 378 g/mol. The van der Waals surface area contributed by atoms with Crippen molar-refractivity contribution in [3.63, 3.8) is 0 Å². The minimum Gasteiger partial charge on any atom is -0.396 e. The normalized spacial score (nSPS) is 57.6. The predicted molar refractivity (Wildman–Crippen MR) is 81.1 cm³/mol. The molecule has 1 spiro atoms. The summed E-state index contributed by atoms with van der Waals surface area (Å²) in [6.07, 6.45) is -4.82. The maximum absolute atomic E-state index is 12.6. The standard InChI is InChI=1S/C15H22O9S/c1-6-8(18)10(19)14(4-16)12(9(6)25(20,21)22)24-11-7(17)3-13(14,2)15(11)5-23-15/h6-7,9-12,16-17,19H,3-5H2,1-2H3,(H,20,21,22)/t6-,7+,9?,10+,11-,12-,13-,14+,15?/m0/s1. The van der Waals surface area contributed by atoms with Crippen molar-refractivity contribution in [2.75, 3.05) is 13.2 Å². The zero-order valence-electron chi connectivity index (χ0n) is 13.8. The largest absolute Gasteiger partial charge is 0.396 e. The molecule has 2 aliphatic heterocycles. The number of aliphatic hydroxyl groups is 3. The van der Waals surface area contributed by atoms with Gasteiger partial charge in [0.15, 0.2) is 5.78 Å². The van der Waals surface area contributed by atoms with Crippen LogP contribution in [0.15, 0.2) is 0 Å². The Balaban J connectivity index is 1.97. The highest BCUT2D eigenvalue weighted by atomic mass is 32.2. The van der Waals surface area contributed by atoms with E-state index in [-0.39, 0.29) is 13.0 Å². The summed E-state index contributed by atoms with van der Waals surface area (Å²) in [5.41, 5.74) is -3.79. The molecule has 2 bridgehead atoms. The molecule has 4 aliphatic rings. The molecule has 2 saturated heterocycles. The molecule has 9 atom stereocenters. The van der Waals surface area contributed by atoms with Crippen LogP contribution in [0.1, 0.15) is 20.3 Å². The van der Waals surface area contributed by atoms with E-state index in [9.17, 15) is 33.1 Å². The minimum atomic E-state index is -4.72. The number of ketones is 1. The van der Waals surface area contributed by atoms with Crippen LogP contribution in [0.4, 0.5) is 0 Å². The summed E-state index contributed by atoms with van der Waals surface area (Å²) in [5.74, 6) is -2.00. The van der Waals surface area contributed by atoms with Crippen molar-refractivity contribution in [1.29, 1.82) is 0 Å². The summed E-state index contributed by atoms with van der Waals surface area (Å²) in [5, 5.41) is 29.9. The first-order valence-corrected chi connectivity index (χ1v) is 9.75. The molecule has 10 heteroatoms. The zero-order valence-corrected chi connectivity index (χ0v) is 14.6. The van der Waals surface area contributed by atoms with Crippen LogP contribution in [-0.4, -0.2) is 82.6 Å². The highest BCUT2D eigenvalue weighted by Crippen LogP contribution is 2.71. The first-order valence-electron chi connectivity index (χ1n) is 8.24. The van der Waals surface area contributed by atoms with Crippen LogP contribution < -0.4 is 0 Å². The van der Waals surface area contributed by atoms with Gasteiger partial charge in [-0.3, -0.25) is 9.35 Å². The molecule has 4 fully saturated rings. The van der Waals surface area contributed by atoms with Gasteiger partial charge < -0.3 is 24.8 Å². The van der Waals surface area contributed by atoms with Gasteiger partial charge in [-0.2, -0.15) is 8.42 Å². The van der Waals surface area contributed by atoms with Crippen LogP contribution in [0, 0.1) is 16.7 Å². The van der Waals surface area contributed by atoms with Gasteiger partial charge in [-0.1, -0.05) is 13.8 Å². The van der Waals surface area contributed by atoms with Gasteiger partial charge in [-0.25, -0.2) is 0 Å². The molecule has 2 heterocycles. The van der Waals surface area contributed by atoms with E-state index in [2.05, 4.69) is 0 Å². The monoisotopic (exact) mass is 378 g/mol. The van der Waals surface area contributed by atoms with Crippen molar-refractivity contribution in [3.05, 3.63) is 0 Å². The van der Waals surface area contributed by atoms with Gasteiger partial charge >= 0.3 is 0 Å². The molecule has 0 aromatic carbocycles. The molecule has 0 amide bonds. The van der Waals surface area contributed by atoms with Crippen LogP contribution in [0.5, 0.6) is 0 Å². The number of carbonyl (C=O) groups excluding carboxylic acids is 1. The van der Waals surface area contributed by atoms with Gasteiger partial charge in [0.05, 0.1) is 30.8 Å². The fourth-order valence-electron chi connectivity index (χ4n) is 5.78. The summed E-state index contributed by atoms with van der Waals surface area (Å²) in [4.78, 5) is 12.6. The topological polar surface area (TPSA) is 154 Å². The lowest BCUT2D eigenvalue weighted by Crippen LogP contribution is -2.76. The third-order valence-electron chi connectivity index (χ3n) is 7.25. The van der Waals surface area contributed by atoms with Gasteiger partial charge in [-0.05, 0) is 6.42 Å². The lowest BCUT2D eigenvalue weighted by atomic mass is 9.49. The second kappa shape index (κ2) is 4.80. The molecular formula is C15H22O9S. The maximum Gasteiger partial charge on any atom is 0.271 e. The number of fused-ring (bicyclic) bond motifs is 2. The van der Waals surface area contributed by atoms with E-state index < -0.39 is 74.5 Å². The SMILES string of the molecule is C[C@H]1C(=O)[C@@H](O)[C@]2(CO)[C@@H](O[C@H]3[C@H](O)C[C@]2(C)C32CO2)C1S(=O)(=O)O. The molecule has 2 saturated carbocycles. The Kier molecular flexibility index (Phi) is 3.41. The highest BCUT2D eigenvalue weighted by molar-refractivity contribution is 7.86. The van der Waals surface area contributed by atoms with Gasteiger partial charge in [0.25, 0.3) is 10.1 Å². The first kappa shape index (κ1) is 17.8. The van der Waals surface area contributed by atoms with Gasteiger partial charge in [-0.15, -0.1) is 0 Å². The van der Waals surface area contributed by atoms with Gasteiger partial charge in [0.1, 0.15) is 23.1 Å². The molecule has 9 nitrogen and oxygen atoms in total. The van der Waals surface area contributed by atoms with Crippen LogP contribution >= 0.6 is 0 Å². The van der Waals surface area contributed by atoms with E-state index >= 15 is 0 Å². The molecular weight excluding hydrogens is 356 g/mol.